The average molecular weight is 198 g/mol. The molecule has 3 heteroatoms. The lowest BCUT2D eigenvalue weighted by atomic mass is 10.1. The molecule has 0 amide bonds. The number of hydrogen-bond donors (Lipinski definition) is 1. The highest BCUT2D eigenvalue weighted by atomic mass is 16.5. The molecule has 1 aliphatic heterocycles. The number of morpholine rings is 1. The highest BCUT2D eigenvalue weighted by molar-refractivity contribution is 4.94. The van der Waals surface area contributed by atoms with Crippen molar-refractivity contribution in [3.8, 4) is 0 Å². The summed E-state index contributed by atoms with van der Waals surface area (Å²) in [6.07, 6.45) is 2.22. The number of likely N-dealkylation sites (N-methyl/N-ethyl adjacent to an activating group) is 2. The highest BCUT2D eigenvalue weighted by Crippen LogP contribution is 2.09. The molecular weight excluding hydrogens is 176 g/mol. The fraction of sp³-hybridized carbons (Fsp3) is 0.818. The van der Waals surface area contributed by atoms with Crippen molar-refractivity contribution in [2.75, 3.05) is 32.8 Å². The van der Waals surface area contributed by atoms with E-state index in [1.807, 2.05) is 6.08 Å². The zero-order chi connectivity index (χ0) is 10.4. The lowest BCUT2D eigenvalue weighted by Gasteiger charge is -2.35. The summed E-state index contributed by atoms with van der Waals surface area (Å²) < 4.78 is 5.74. The molecule has 14 heavy (non-hydrogen) atoms. The van der Waals surface area contributed by atoms with E-state index in [9.17, 15) is 0 Å². The second-order valence-corrected chi connectivity index (χ2v) is 3.62. The summed E-state index contributed by atoms with van der Waals surface area (Å²) in [4.78, 5) is 2.42. The first-order valence-electron chi connectivity index (χ1n) is 5.51. The monoisotopic (exact) mass is 198 g/mol. The standard InChI is InChI=1S/C11H22N2O/c1-4-10(12-5-2)11-9-13(6-3)7-8-14-11/h4,10-12H,1,5-9H2,2-3H3. The van der Waals surface area contributed by atoms with Crippen LogP contribution in [0.1, 0.15) is 13.8 Å². The summed E-state index contributed by atoms with van der Waals surface area (Å²) in [5.74, 6) is 0. The molecule has 0 radical (unpaired) electrons. The third-order valence-electron chi connectivity index (χ3n) is 2.72. The van der Waals surface area contributed by atoms with Crippen molar-refractivity contribution >= 4 is 0 Å². The molecule has 0 saturated carbocycles. The summed E-state index contributed by atoms with van der Waals surface area (Å²) in [5, 5.41) is 3.38. The Bertz CT molecular complexity index is 173. The van der Waals surface area contributed by atoms with E-state index >= 15 is 0 Å². The second kappa shape index (κ2) is 6.17. The van der Waals surface area contributed by atoms with E-state index in [4.69, 9.17) is 4.74 Å². The van der Waals surface area contributed by atoms with Crippen LogP contribution < -0.4 is 5.32 Å². The maximum atomic E-state index is 5.74. The lowest BCUT2D eigenvalue weighted by Crippen LogP contribution is -2.51. The van der Waals surface area contributed by atoms with E-state index < -0.39 is 0 Å². The Labute approximate surface area is 87.1 Å². The minimum absolute atomic E-state index is 0.265. The summed E-state index contributed by atoms with van der Waals surface area (Å²) in [6, 6.07) is 0.286. The second-order valence-electron chi connectivity index (χ2n) is 3.62. The fourth-order valence-electron chi connectivity index (χ4n) is 1.84. The SMILES string of the molecule is C=CC(NCC)C1CN(CC)CCO1. The van der Waals surface area contributed by atoms with E-state index in [1.165, 1.54) is 0 Å². The molecule has 82 valence electrons. The Hall–Kier alpha value is -0.380. The van der Waals surface area contributed by atoms with Gasteiger partial charge in [0.25, 0.3) is 0 Å². The van der Waals surface area contributed by atoms with Crippen molar-refractivity contribution in [1.82, 2.24) is 10.2 Å². The molecule has 0 aromatic heterocycles. The maximum Gasteiger partial charge on any atom is 0.0890 e. The van der Waals surface area contributed by atoms with E-state index in [0.717, 1.165) is 32.8 Å². The largest absolute Gasteiger partial charge is 0.374 e. The third kappa shape index (κ3) is 3.08. The molecule has 0 aliphatic carbocycles. The van der Waals surface area contributed by atoms with Gasteiger partial charge in [0.2, 0.25) is 0 Å². The Morgan fingerprint density at radius 3 is 3.00 bits per heavy atom. The molecule has 0 aromatic carbocycles. The first kappa shape index (κ1) is 11.7. The molecule has 2 atom stereocenters. The van der Waals surface area contributed by atoms with Crippen LogP contribution in [0.4, 0.5) is 0 Å². The van der Waals surface area contributed by atoms with Crippen molar-refractivity contribution in [2.45, 2.75) is 26.0 Å². The van der Waals surface area contributed by atoms with E-state index in [-0.39, 0.29) is 12.1 Å². The number of rotatable bonds is 5. The molecule has 0 aromatic rings. The Morgan fingerprint density at radius 2 is 2.43 bits per heavy atom. The predicted molar refractivity (Wildman–Crippen MR) is 59.5 cm³/mol. The molecule has 0 spiro atoms. The molecule has 3 nitrogen and oxygen atoms in total. The summed E-state index contributed by atoms with van der Waals surface area (Å²) in [7, 11) is 0. The van der Waals surface area contributed by atoms with Gasteiger partial charge in [-0.15, -0.1) is 6.58 Å². The van der Waals surface area contributed by atoms with E-state index in [2.05, 4.69) is 30.6 Å². The van der Waals surface area contributed by atoms with Crippen molar-refractivity contribution in [2.24, 2.45) is 0 Å². The third-order valence-corrected chi connectivity index (χ3v) is 2.72. The quantitative estimate of drug-likeness (QED) is 0.663. The van der Waals surface area contributed by atoms with Gasteiger partial charge >= 0.3 is 0 Å². The minimum Gasteiger partial charge on any atom is -0.374 e. The van der Waals surface area contributed by atoms with Crippen LogP contribution in [-0.2, 0) is 4.74 Å². The van der Waals surface area contributed by atoms with Crippen molar-refractivity contribution in [3.05, 3.63) is 12.7 Å². The Morgan fingerprint density at radius 1 is 1.64 bits per heavy atom. The molecule has 1 saturated heterocycles. The van der Waals surface area contributed by atoms with Crippen LogP contribution in [0.5, 0.6) is 0 Å². The molecule has 1 rings (SSSR count). The van der Waals surface area contributed by atoms with Crippen LogP contribution in [-0.4, -0.2) is 49.8 Å². The van der Waals surface area contributed by atoms with Gasteiger partial charge in [0, 0.05) is 13.1 Å². The molecule has 0 bridgehead atoms. The molecule has 1 heterocycles. The van der Waals surface area contributed by atoms with Crippen molar-refractivity contribution in [1.29, 1.82) is 0 Å². The number of nitrogens with one attached hydrogen (secondary N) is 1. The normalized spacial score (nSPS) is 26.0. The number of ether oxygens (including phenoxy) is 1. The van der Waals surface area contributed by atoms with Crippen LogP contribution in [0.15, 0.2) is 12.7 Å². The van der Waals surface area contributed by atoms with Gasteiger partial charge in [0.15, 0.2) is 0 Å². The van der Waals surface area contributed by atoms with Gasteiger partial charge in [0.1, 0.15) is 0 Å². The van der Waals surface area contributed by atoms with E-state index in [1.54, 1.807) is 0 Å². The van der Waals surface area contributed by atoms with Gasteiger partial charge in [-0.25, -0.2) is 0 Å². The van der Waals surface area contributed by atoms with Crippen molar-refractivity contribution in [3.63, 3.8) is 0 Å². The molecular formula is C11H22N2O. The fourth-order valence-corrected chi connectivity index (χ4v) is 1.84. The van der Waals surface area contributed by atoms with Gasteiger partial charge in [-0.2, -0.15) is 0 Å². The summed E-state index contributed by atoms with van der Waals surface area (Å²) in [6.45, 7) is 13.1. The molecule has 1 aliphatic rings. The summed E-state index contributed by atoms with van der Waals surface area (Å²) >= 11 is 0. The van der Waals surface area contributed by atoms with Gasteiger partial charge < -0.3 is 10.1 Å². The molecule has 1 fully saturated rings. The Balaban J connectivity index is 2.44. The average Bonchev–Trinajstić information content (AvgIpc) is 2.26. The number of hydrogen-bond acceptors (Lipinski definition) is 3. The molecule has 2 unspecified atom stereocenters. The van der Waals surface area contributed by atoms with Gasteiger partial charge in [0.05, 0.1) is 18.8 Å². The smallest absolute Gasteiger partial charge is 0.0890 e. The topological polar surface area (TPSA) is 24.5 Å². The van der Waals surface area contributed by atoms with Gasteiger partial charge in [-0.05, 0) is 13.1 Å². The Kier molecular flexibility index (Phi) is 5.15. The van der Waals surface area contributed by atoms with Crippen LogP contribution in [0.2, 0.25) is 0 Å². The zero-order valence-corrected chi connectivity index (χ0v) is 9.33. The molecule has 1 N–H and O–H groups in total. The lowest BCUT2D eigenvalue weighted by molar-refractivity contribution is -0.0368. The van der Waals surface area contributed by atoms with Crippen LogP contribution in [0.25, 0.3) is 0 Å². The first-order chi connectivity index (χ1) is 6.81. The minimum atomic E-state index is 0.265. The first-order valence-corrected chi connectivity index (χ1v) is 5.51. The van der Waals surface area contributed by atoms with Crippen LogP contribution >= 0.6 is 0 Å². The van der Waals surface area contributed by atoms with E-state index in [0.29, 0.717) is 0 Å². The maximum absolute atomic E-state index is 5.74. The van der Waals surface area contributed by atoms with Gasteiger partial charge in [-0.1, -0.05) is 19.9 Å². The summed E-state index contributed by atoms with van der Waals surface area (Å²) in [5.41, 5.74) is 0. The van der Waals surface area contributed by atoms with Crippen LogP contribution in [0, 0.1) is 0 Å². The predicted octanol–water partition coefficient (Wildman–Crippen LogP) is 0.871. The van der Waals surface area contributed by atoms with Crippen LogP contribution in [0.3, 0.4) is 0 Å². The van der Waals surface area contributed by atoms with Gasteiger partial charge in [-0.3, -0.25) is 4.90 Å². The van der Waals surface area contributed by atoms with Crippen molar-refractivity contribution < 1.29 is 4.74 Å². The number of nitrogens with zero attached hydrogens (tertiary/aromatic N) is 1. The zero-order valence-electron chi connectivity index (χ0n) is 9.33. The highest BCUT2D eigenvalue weighted by Gasteiger charge is 2.24.